The van der Waals surface area contributed by atoms with Gasteiger partial charge in [0.15, 0.2) is 11.9 Å². The molecule has 0 radical (unpaired) electrons. The minimum atomic E-state index is -0.102. The fraction of sp³-hybridized carbons (Fsp3) is 0.364. The molecule has 4 aromatic heterocycles. The van der Waals surface area contributed by atoms with Gasteiger partial charge in [-0.25, -0.2) is 14.6 Å². The monoisotopic (exact) mass is 464 g/mol. The van der Waals surface area contributed by atoms with Gasteiger partial charge in [-0.15, -0.1) is 16.4 Å². The molecule has 0 aliphatic carbocycles. The van der Waals surface area contributed by atoms with E-state index in [0.29, 0.717) is 42.1 Å². The average Bonchev–Trinajstić information content (AvgIpc) is 3.45. The largest absolute Gasteiger partial charge is 0.388 e. The van der Waals surface area contributed by atoms with Gasteiger partial charge >= 0.3 is 0 Å². The summed E-state index contributed by atoms with van der Waals surface area (Å²) in [6, 6.07) is 5.66. The molecule has 1 saturated heterocycles. The van der Waals surface area contributed by atoms with Crippen LogP contribution in [0.3, 0.4) is 0 Å². The van der Waals surface area contributed by atoms with E-state index in [9.17, 15) is 0 Å². The van der Waals surface area contributed by atoms with E-state index in [-0.39, 0.29) is 6.29 Å². The maximum atomic E-state index is 7.83. The van der Waals surface area contributed by atoms with E-state index in [1.54, 1.807) is 34.6 Å². The number of pyridine rings is 2. The van der Waals surface area contributed by atoms with Crippen molar-refractivity contribution in [3.05, 3.63) is 47.5 Å². The summed E-state index contributed by atoms with van der Waals surface area (Å²) in [5, 5.41) is 20.4. The molecule has 0 spiro atoms. The molecule has 0 amide bonds. The molecule has 4 aromatic rings. The Labute approximate surface area is 194 Å². The molecule has 170 valence electrons. The van der Waals surface area contributed by atoms with Crippen LogP contribution in [0.5, 0.6) is 0 Å². The highest BCUT2D eigenvalue weighted by atomic mass is 32.1. The lowest BCUT2D eigenvalue weighted by Crippen LogP contribution is -2.25. The smallest absolute Gasteiger partial charge is 0.179 e. The molecule has 0 bridgehead atoms. The van der Waals surface area contributed by atoms with Crippen LogP contribution in [0.2, 0.25) is 0 Å². The maximum Gasteiger partial charge on any atom is 0.179 e. The Balaban J connectivity index is 1.27. The van der Waals surface area contributed by atoms with E-state index < -0.39 is 0 Å². The molecule has 5 rings (SSSR count). The minimum absolute atomic E-state index is 0.102. The van der Waals surface area contributed by atoms with Crippen LogP contribution >= 0.6 is 11.3 Å². The van der Waals surface area contributed by atoms with Crippen molar-refractivity contribution in [2.45, 2.75) is 32.1 Å². The Kier molecular flexibility index (Phi) is 6.61. The fourth-order valence-corrected chi connectivity index (χ4v) is 4.52. The number of allylic oxidation sites excluding steroid dienone is 1. The molecule has 1 unspecified atom stereocenters. The Morgan fingerprint density at radius 2 is 2.24 bits per heavy atom. The van der Waals surface area contributed by atoms with Crippen LogP contribution < -0.4 is 5.32 Å². The van der Waals surface area contributed by atoms with Crippen LogP contribution in [0.4, 0.5) is 0 Å². The van der Waals surface area contributed by atoms with Crippen molar-refractivity contribution in [1.29, 1.82) is 5.41 Å². The first-order valence-electron chi connectivity index (χ1n) is 10.9. The van der Waals surface area contributed by atoms with Crippen molar-refractivity contribution >= 4 is 44.5 Å². The van der Waals surface area contributed by atoms with E-state index in [4.69, 9.17) is 19.9 Å². The number of fused-ring (bicyclic) bond motifs is 2. The van der Waals surface area contributed by atoms with Gasteiger partial charge in [0.1, 0.15) is 10.5 Å². The normalized spacial score (nSPS) is 17.0. The summed E-state index contributed by atoms with van der Waals surface area (Å²) in [4.78, 5) is 13.5. The Morgan fingerprint density at radius 3 is 3.09 bits per heavy atom. The van der Waals surface area contributed by atoms with Crippen molar-refractivity contribution < 1.29 is 9.47 Å². The van der Waals surface area contributed by atoms with Crippen LogP contribution in [0.25, 0.3) is 27.0 Å². The lowest BCUT2D eigenvalue weighted by atomic mass is 10.2. The van der Waals surface area contributed by atoms with E-state index in [0.717, 1.165) is 41.1 Å². The van der Waals surface area contributed by atoms with E-state index in [1.807, 2.05) is 18.2 Å². The summed E-state index contributed by atoms with van der Waals surface area (Å²) in [6.45, 7) is 2.39. The number of rotatable bonds is 9. The number of ether oxygens (including phenoxy) is 2. The highest BCUT2D eigenvalue weighted by molar-refractivity contribution is 7.18. The molecule has 10 nitrogen and oxygen atoms in total. The van der Waals surface area contributed by atoms with Crippen LogP contribution in [-0.2, 0) is 16.0 Å². The standard InChI is InChI=1S/C22H24N8O2S/c23-11-15(12-25-8-10-32-21-3-1-2-9-31-21)16-4-5-17-22(27-16)30(29-28-17)14-20-26-18-13-24-7-6-19(18)33-20/h4-7,11-13,21,23,25H,1-3,8-10,14H2/b15-12+,23-11?. The van der Waals surface area contributed by atoms with Crippen LogP contribution in [0.1, 0.15) is 30.0 Å². The minimum Gasteiger partial charge on any atom is -0.388 e. The molecule has 2 N–H and O–H groups in total. The highest BCUT2D eigenvalue weighted by Gasteiger charge is 2.14. The van der Waals surface area contributed by atoms with Gasteiger partial charge in [-0.2, -0.15) is 0 Å². The molecule has 1 aliphatic rings. The lowest BCUT2D eigenvalue weighted by Gasteiger charge is -2.22. The first kappa shape index (κ1) is 21.6. The van der Waals surface area contributed by atoms with Gasteiger partial charge in [0, 0.05) is 37.3 Å². The van der Waals surface area contributed by atoms with Gasteiger partial charge in [0.25, 0.3) is 0 Å². The predicted molar refractivity (Wildman–Crippen MR) is 126 cm³/mol. The zero-order valence-electron chi connectivity index (χ0n) is 18.0. The Morgan fingerprint density at radius 1 is 1.27 bits per heavy atom. The van der Waals surface area contributed by atoms with Gasteiger partial charge in [-0.1, -0.05) is 5.21 Å². The first-order chi connectivity index (χ1) is 16.3. The SMILES string of the molecule is N=C/C(=C\NCCOC1CCCCO1)c1ccc2nnn(Cc3nc4cnccc4s3)c2n1. The molecule has 0 saturated carbocycles. The topological polar surface area (TPSA) is 124 Å². The number of nitrogens with one attached hydrogen (secondary N) is 2. The van der Waals surface area contributed by atoms with Crippen molar-refractivity contribution in [2.24, 2.45) is 0 Å². The van der Waals surface area contributed by atoms with Crippen molar-refractivity contribution in [2.75, 3.05) is 19.8 Å². The summed E-state index contributed by atoms with van der Waals surface area (Å²) in [5.74, 6) is 0. The average molecular weight is 465 g/mol. The van der Waals surface area contributed by atoms with Crippen molar-refractivity contribution in [1.82, 2.24) is 35.3 Å². The molecule has 1 atom stereocenters. The molecule has 1 aliphatic heterocycles. The third-order valence-corrected chi connectivity index (χ3v) is 6.30. The molecule has 11 heteroatoms. The molecule has 0 aromatic carbocycles. The predicted octanol–water partition coefficient (Wildman–Crippen LogP) is 3.00. The third-order valence-electron chi connectivity index (χ3n) is 5.28. The van der Waals surface area contributed by atoms with Crippen molar-refractivity contribution in [3.8, 4) is 0 Å². The van der Waals surface area contributed by atoms with Gasteiger partial charge in [-0.05, 0) is 37.5 Å². The number of aromatic nitrogens is 6. The van der Waals surface area contributed by atoms with E-state index in [1.165, 1.54) is 6.21 Å². The second-order valence-corrected chi connectivity index (χ2v) is 8.72. The van der Waals surface area contributed by atoms with Crippen molar-refractivity contribution in [3.63, 3.8) is 0 Å². The second kappa shape index (κ2) is 10.1. The second-order valence-electron chi connectivity index (χ2n) is 7.60. The third kappa shape index (κ3) is 5.05. The lowest BCUT2D eigenvalue weighted by molar-refractivity contribution is -0.161. The summed E-state index contributed by atoms with van der Waals surface area (Å²) in [5.41, 5.74) is 3.54. The number of hydrogen-bond acceptors (Lipinski definition) is 10. The highest BCUT2D eigenvalue weighted by Crippen LogP contribution is 2.22. The van der Waals surface area contributed by atoms with Crippen LogP contribution in [0.15, 0.2) is 36.8 Å². The zero-order chi connectivity index (χ0) is 22.5. The van der Waals surface area contributed by atoms with Crippen LogP contribution in [-0.4, -0.2) is 62.2 Å². The van der Waals surface area contributed by atoms with E-state index >= 15 is 0 Å². The number of thiazole rings is 1. The summed E-state index contributed by atoms with van der Waals surface area (Å²) < 4.78 is 14.1. The molecular weight excluding hydrogens is 440 g/mol. The maximum absolute atomic E-state index is 7.83. The van der Waals surface area contributed by atoms with Crippen LogP contribution in [0, 0.1) is 5.41 Å². The Bertz CT molecular complexity index is 1240. The number of nitrogens with zero attached hydrogens (tertiary/aromatic N) is 6. The van der Waals surface area contributed by atoms with Gasteiger partial charge < -0.3 is 20.2 Å². The quantitative estimate of drug-likeness (QED) is 0.286. The molecular formula is C22H24N8O2S. The zero-order valence-corrected chi connectivity index (χ0v) is 18.8. The fourth-order valence-electron chi connectivity index (χ4n) is 3.61. The van der Waals surface area contributed by atoms with Gasteiger partial charge in [0.05, 0.1) is 35.3 Å². The summed E-state index contributed by atoms with van der Waals surface area (Å²) in [7, 11) is 0. The molecule has 33 heavy (non-hydrogen) atoms. The van der Waals surface area contributed by atoms with Gasteiger partial charge in [0.2, 0.25) is 0 Å². The van der Waals surface area contributed by atoms with E-state index in [2.05, 4.69) is 25.6 Å². The molecule has 5 heterocycles. The first-order valence-corrected chi connectivity index (χ1v) is 11.7. The summed E-state index contributed by atoms with van der Waals surface area (Å²) in [6.07, 6.45) is 9.67. The van der Waals surface area contributed by atoms with Gasteiger partial charge in [-0.3, -0.25) is 4.98 Å². The summed E-state index contributed by atoms with van der Waals surface area (Å²) >= 11 is 1.60. The number of hydrogen-bond donors (Lipinski definition) is 2. The Hall–Kier alpha value is -3.28. The molecule has 1 fully saturated rings.